The van der Waals surface area contributed by atoms with Crippen molar-refractivity contribution >= 4 is 21.1 Å². The molecule has 1 heterocycles. The van der Waals surface area contributed by atoms with E-state index in [-0.39, 0.29) is 16.5 Å². The van der Waals surface area contributed by atoms with E-state index in [2.05, 4.69) is 14.6 Å². The lowest BCUT2D eigenvalue weighted by Gasteiger charge is -2.26. The molecule has 7 nitrogen and oxygen atoms in total. The highest BCUT2D eigenvalue weighted by Gasteiger charge is 2.18. The predicted octanol–water partition coefficient (Wildman–Crippen LogP) is 1.13. The molecule has 1 aromatic heterocycles. The van der Waals surface area contributed by atoms with Gasteiger partial charge in [0.05, 0.1) is 10.4 Å². The van der Waals surface area contributed by atoms with Gasteiger partial charge in [-0.15, -0.1) is 0 Å². The minimum atomic E-state index is -3.64. The van der Waals surface area contributed by atoms with Crippen molar-refractivity contribution in [3.8, 4) is 0 Å². The van der Waals surface area contributed by atoms with Crippen molar-refractivity contribution in [3.63, 3.8) is 0 Å². The number of nitrogens with one attached hydrogen (secondary N) is 2. The average molecular weight is 327 g/mol. The molecule has 122 valence electrons. The van der Waals surface area contributed by atoms with E-state index in [0.717, 1.165) is 13.1 Å². The highest BCUT2D eigenvalue weighted by Crippen LogP contribution is 2.16. The molecule has 0 saturated heterocycles. The lowest BCUT2D eigenvalue weighted by atomic mass is 10.3. The average Bonchev–Trinajstić information content (AvgIpc) is 2.85. The molecule has 0 amide bonds. The Labute approximate surface area is 129 Å². The van der Waals surface area contributed by atoms with E-state index in [4.69, 9.17) is 4.42 Å². The molecule has 1 unspecified atom stereocenters. The highest BCUT2D eigenvalue weighted by atomic mass is 32.2. The van der Waals surface area contributed by atoms with Gasteiger partial charge in [-0.1, -0.05) is 13.8 Å². The number of sulfonamides is 1. The van der Waals surface area contributed by atoms with Crippen molar-refractivity contribution in [1.29, 1.82) is 0 Å². The zero-order valence-electron chi connectivity index (χ0n) is 12.9. The smallest absolute Gasteiger partial charge is 0.408 e. The van der Waals surface area contributed by atoms with E-state index < -0.39 is 15.8 Å². The van der Waals surface area contributed by atoms with Crippen LogP contribution in [0.25, 0.3) is 11.1 Å². The number of likely N-dealkylation sites (N-methyl/N-ethyl adjacent to an activating group) is 1. The van der Waals surface area contributed by atoms with Gasteiger partial charge in [0.15, 0.2) is 5.58 Å². The third kappa shape index (κ3) is 3.57. The van der Waals surface area contributed by atoms with Gasteiger partial charge in [0.2, 0.25) is 10.0 Å². The predicted molar refractivity (Wildman–Crippen MR) is 84.4 cm³/mol. The van der Waals surface area contributed by atoms with Gasteiger partial charge in [-0.2, -0.15) is 0 Å². The first-order valence-electron chi connectivity index (χ1n) is 7.24. The Morgan fingerprint density at radius 3 is 2.64 bits per heavy atom. The zero-order valence-corrected chi connectivity index (χ0v) is 13.7. The molecule has 22 heavy (non-hydrogen) atoms. The Morgan fingerprint density at radius 2 is 2.00 bits per heavy atom. The number of rotatable bonds is 7. The van der Waals surface area contributed by atoms with E-state index in [1.165, 1.54) is 18.2 Å². The number of benzene rings is 1. The second kappa shape index (κ2) is 6.64. The standard InChI is InChI=1S/C14H21N3O4S/c1-4-17(5-2)10(3)9-15-22(19,20)11-6-7-12-13(8-11)21-14(18)16-12/h6-8,10,15H,4-5,9H2,1-3H3,(H,16,18). The lowest BCUT2D eigenvalue weighted by Crippen LogP contribution is -2.41. The molecule has 0 aliphatic carbocycles. The summed E-state index contributed by atoms with van der Waals surface area (Å²) in [5.74, 6) is -0.604. The zero-order chi connectivity index (χ0) is 16.3. The first kappa shape index (κ1) is 16.7. The lowest BCUT2D eigenvalue weighted by molar-refractivity contribution is 0.232. The van der Waals surface area contributed by atoms with Crippen molar-refractivity contribution in [2.45, 2.75) is 31.7 Å². The van der Waals surface area contributed by atoms with Gasteiger partial charge in [-0.3, -0.25) is 9.88 Å². The summed E-state index contributed by atoms with van der Waals surface area (Å²) in [7, 11) is -3.64. The maximum Gasteiger partial charge on any atom is 0.417 e. The van der Waals surface area contributed by atoms with Crippen LogP contribution in [0.2, 0.25) is 0 Å². The quantitative estimate of drug-likeness (QED) is 0.795. The van der Waals surface area contributed by atoms with Crippen LogP contribution in [0.1, 0.15) is 20.8 Å². The second-order valence-corrected chi connectivity index (χ2v) is 6.86. The molecule has 0 aliphatic rings. The van der Waals surface area contributed by atoms with Gasteiger partial charge >= 0.3 is 5.76 Å². The monoisotopic (exact) mass is 327 g/mol. The summed E-state index contributed by atoms with van der Waals surface area (Å²) < 4.78 is 32.1. The van der Waals surface area contributed by atoms with Crippen LogP contribution in [-0.4, -0.2) is 44.0 Å². The minimum absolute atomic E-state index is 0.0782. The fourth-order valence-corrected chi connectivity index (χ4v) is 3.52. The Hall–Kier alpha value is -1.64. The Balaban J connectivity index is 2.16. The maximum atomic E-state index is 12.3. The van der Waals surface area contributed by atoms with Crippen molar-refractivity contribution < 1.29 is 12.8 Å². The summed E-state index contributed by atoms with van der Waals surface area (Å²) in [5, 5.41) is 0. The SMILES string of the molecule is CCN(CC)C(C)CNS(=O)(=O)c1ccc2[nH]c(=O)oc2c1. The summed E-state index contributed by atoms with van der Waals surface area (Å²) in [4.78, 5) is 15.8. The molecule has 0 spiro atoms. The molecule has 0 radical (unpaired) electrons. The van der Waals surface area contributed by atoms with Gasteiger partial charge in [-0.05, 0) is 32.1 Å². The minimum Gasteiger partial charge on any atom is -0.408 e. The number of hydrogen-bond acceptors (Lipinski definition) is 5. The molecule has 2 aromatic rings. The van der Waals surface area contributed by atoms with Crippen LogP contribution in [0.5, 0.6) is 0 Å². The number of aromatic amines is 1. The van der Waals surface area contributed by atoms with Crippen molar-refractivity contribution in [2.24, 2.45) is 0 Å². The molecule has 2 N–H and O–H groups in total. The highest BCUT2D eigenvalue weighted by molar-refractivity contribution is 7.89. The van der Waals surface area contributed by atoms with Crippen LogP contribution in [0.4, 0.5) is 0 Å². The molecule has 1 atom stereocenters. The van der Waals surface area contributed by atoms with Crippen molar-refractivity contribution in [1.82, 2.24) is 14.6 Å². The van der Waals surface area contributed by atoms with Gasteiger partial charge in [0, 0.05) is 18.7 Å². The molecule has 1 aromatic carbocycles. The molecular formula is C14H21N3O4S. The third-order valence-corrected chi connectivity index (χ3v) is 5.13. The van der Waals surface area contributed by atoms with E-state index >= 15 is 0 Å². The van der Waals surface area contributed by atoms with E-state index in [1.54, 1.807) is 0 Å². The molecule has 8 heteroatoms. The van der Waals surface area contributed by atoms with Crippen LogP contribution in [0, 0.1) is 0 Å². The first-order valence-corrected chi connectivity index (χ1v) is 8.72. The van der Waals surface area contributed by atoms with Crippen LogP contribution >= 0.6 is 0 Å². The molecule has 0 saturated carbocycles. The Kier molecular flexibility index (Phi) is 5.05. The van der Waals surface area contributed by atoms with E-state index in [9.17, 15) is 13.2 Å². The number of aromatic nitrogens is 1. The summed E-state index contributed by atoms with van der Waals surface area (Å²) in [6, 6.07) is 4.40. The second-order valence-electron chi connectivity index (χ2n) is 5.09. The first-order chi connectivity index (χ1) is 10.4. The number of hydrogen-bond donors (Lipinski definition) is 2. The maximum absolute atomic E-state index is 12.3. The van der Waals surface area contributed by atoms with Gasteiger partial charge in [0.25, 0.3) is 0 Å². The number of H-pyrrole nitrogens is 1. The van der Waals surface area contributed by atoms with Gasteiger partial charge < -0.3 is 4.42 Å². The fourth-order valence-electron chi connectivity index (χ4n) is 2.38. The number of oxazole rings is 1. The van der Waals surface area contributed by atoms with E-state index in [0.29, 0.717) is 12.1 Å². The Bertz CT molecular complexity index is 790. The summed E-state index contributed by atoms with van der Waals surface area (Å²) in [5.41, 5.74) is 0.699. The number of fused-ring (bicyclic) bond motifs is 1. The van der Waals surface area contributed by atoms with Gasteiger partial charge in [0.1, 0.15) is 0 Å². The largest absolute Gasteiger partial charge is 0.417 e. The Morgan fingerprint density at radius 1 is 1.32 bits per heavy atom. The van der Waals surface area contributed by atoms with Crippen LogP contribution in [-0.2, 0) is 10.0 Å². The molecule has 2 rings (SSSR count). The van der Waals surface area contributed by atoms with Gasteiger partial charge in [-0.25, -0.2) is 17.9 Å². The summed E-state index contributed by atoms with van der Waals surface area (Å²) in [6.07, 6.45) is 0. The van der Waals surface area contributed by atoms with Crippen molar-refractivity contribution in [2.75, 3.05) is 19.6 Å². The third-order valence-electron chi connectivity index (χ3n) is 3.71. The molecule has 0 aliphatic heterocycles. The normalized spacial score (nSPS) is 13.8. The summed E-state index contributed by atoms with van der Waals surface area (Å²) >= 11 is 0. The van der Waals surface area contributed by atoms with Crippen LogP contribution in [0.15, 0.2) is 32.3 Å². The van der Waals surface area contributed by atoms with Crippen LogP contribution < -0.4 is 10.5 Å². The molecule has 0 bridgehead atoms. The van der Waals surface area contributed by atoms with Crippen molar-refractivity contribution in [3.05, 3.63) is 28.7 Å². The fraction of sp³-hybridized carbons (Fsp3) is 0.500. The topological polar surface area (TPSA) is 95.4 Å². The number of nitrogens with zero attached hydrogens (tertiary/aromatic N) is 1. The van der Waals surface area contributed by atoms with Crippen LogP contribution in [0.3, 0.4) is 0 Å². The summed E-state index contributed by atoms with van der Waals surface area (Å²) in [6.45, 7) is 8.09. The van der Waals surface area contributed by atoms with E-state index in [1.807, 2.05) is 20.8 Å². The molecule has 0 fully saturated rings. The molecular weight excluding hydrogens is 306 g/mol.